The molecule has 0 aromatic rings. The van der Waals surface area contributed by atoms with Crippen molar-refractivity contribution in [3.8, 4) is 0 Å². The summed E-state index contributed by atoms with van der Waals surface area (Å²) in [4.78, 5) is 0. The first-order valence-electron chi connectivity index (χ1n) is 8.18. The van der Waals surface area contributed by atoms with Gasteiger partial charge in [-0.3, -0.25) is 0 Å². The van der Waals surface area contributed by atoms with Gasteiger partial charge in [0.25, 0.3) is 0 Å². The molecule has 0 amide bonds. The van der Waals surface area contributed by atoms with Crippen LogP contribution in [-0.2, 0) is 13.3 Å². The van der Waals surface area contributed by atoms with Crippen molar-refractivity contribution in [3.05, 3.63) is 0 Å². The van der Waals surface area contributed by atoms with Crippen LogP contribution in [0.3, 0.4) is 0 Å². The monoisotopic (exact) mass is 351 g/mol. The molecule has 7 heteroatoms. The molecule has 0 aromatic carbocycles. The molecule has 0 aromatic heterocycles. The van der Waals surface area contributed by atoms with E-state index in [4.69, 9.17) is 13.3 Å². The summed E-state index contributed by atoms with van der Waals surface area (Å²) in [5.41, 5.74) is 0. The zero-order valence-corrected chi connectivity index (χ0v) is 18.9. The summed E-state index contributed by atoms with van der Waals surface area (Å²) in [5, 5.41) is 0. The van der Waals surface area contributed by atoms with Crippen molar-refractivity contribution in [1.82, 2.24) is 4.23 Å². The molecular formula is C14H37NO3Si3. The van der Waals surface area contributed by atoms with Crippen LogP contribution < -0.4 is 0 Å². The van der Waals surface area contributed by atoms with E-state index in [0.717, 1.165) is 6.04 Å². The molecule has 0 saturated heterocycles. The standard InChI is InChI=1S/C14H37NO3Si3/c1-11-16-21(13-3,17-12-2)18-14(4)15(19(5,6)7)20(8,9)10/h14H,11-13H2,1-10H3. The fraction of sp³-hybridized carbons (Fsp3) is 1.00. The van der Waals surface area contributed by atoms with Crippen molar-refractivity contribution in [2.75, 3.05) is 13.2 Å². The van der Waals surface area contributed by atoms with Gasteiger partial charge < -0.3 is 17.5 Å². The van der Waals surface area contributed by atoms with E-state index in [9.17, 15) is 0 Å². The van der Waals surface area contributed by atoms with Crippen molar-refractivity contribution < 1.29 is 13.3 Å². The maximum atomic E-state index is 6.47. The van der Waals surface area contributed by atoms with Crippen LogP contribution in [0.4, 0.5) is 0 Å². The Morgan fingerprint density at radius 3 is 1.43 bits per heavy atom. The van der Waals surface area contributed by atoms with Gasteiger partial charge in [-0.2, -0.15) is 0 Å². The minimum absolute atomic E-state index is 0.0630. The fourth-order valence-corrected chi connectivity index (χ4v) is 16.1. The third kappa shape index (κ3) is 6.64. The Balaban J connectivity index is 5.30. The lowest BCUT2D eigenvalue weighted by Gasteiger charge is -2.48. The number of nitrogens with zero attached hydrogens (tertiary/aromatic N) is 1. The van der Waals surface area contributed by atoms with Crippen LogP contribution in [-0.4, -0.2) is 48.9 Å². The van der Waals surface area contributed by atoms with Crippen LogP contribution in [0.2, 0.25) is 45.3 Å². The molecule has 0 N–H and O–H groups in total. The van der Waals surface area contributed by atoms with Crippen molar-refractivity contribution in [2.24, 2.45) is 0 Å². The summed E-state index contributed by atoms with van der Waals surface area (Å²) in [5.74, 6) is 0. The minimum Gasteiger partial charge on any atom is -0.374 e. The Kier molecular flexibility index (Phi) is 8.57. The van der Waals surface area contributed by atoms with Crippen LogP contribution in [0.25, 0.3) is 0 Å². The first kappa shape index (κ1) is 21.5. The molecule has 0 saturated carbocycles. The van der Waals surface area contributed by atoms with E-state index in [1.807, 2.05) is 13.8 Å². The highest BCUT2D eigenvalue weighted by atomic mass is 28.4. The first-order chi connectivity index (χ1) is 9.43. The Morgan fingerprint density at radius 1 is 0.810 bits per heavy atom. The van der Waals surface area contributed by atoms with Crippen LogP contribution in [0.5, 0.6) is 0 Å². The summed E-state index contributed by atoms with van der Waals surface area (Å²) in [6, 6.07) is 0.824. The molecule has 0 aliphatic rings. The van der Waals surface area contributed by atoms with Crippen molar-refractivity contribution in [2.45, 2.75) is 79.2 Å². The van der Waals surface area contributed by atoms with E-state index in [2.05, 4.69) is 57.4 Å². The van der Waals surface area contributed by atoms with E-state index in [-0.39, 0.29) is 6.23 Å². The second-order valence-corrected chi connectivity index (χ2v) is 20.3. The number of rotatable bonds is 10. The molecule has 0 radical (unpaired) electrons. The van der Waals surface area contributed by atoms with Gasteiger partial charge in [0.2, 0.25) is 0 Å². The highest BCUT2D eigenvalue weighted by Crippen LogP contribution is 2.27. The van der Waals surface area contributed by atoms with E-state index in [1.54, 1.807) is 0 Å². The fourth-order valence-electron chi connectivity index (χ4n) is 3.25. The minimum atomic E-state index is -2.55. The summed E-state index contributed by atoms with van der Waals surface area (Å²) in [6.45, 7) is 23.9. The Morgan fingerprint density at radius 2 is 1.19 bits per heavy atom. The second-order valence-electron chi connectivity index (χ2n) is 7.33. The van der Waals surface area contributed by atoms with Gasteiger partial charge in [0.1, 0.15) is 16.5 Å². The predicted octanol–water partition coefficient (Wildman–Crippen LogP) is 4.35. The maximum Gasteiger partial charge on any atom is 0.501 e. The lowest BCUT2D eigenvalue weighted by atomic mass is 10.7. The van der Waals surface area contributed by atoms with Gasteiger partial charge in [-0.1, -0.05) is 46.2 Å². The van der Waals surface area contributed by atoms with E-state index >= 15 is 0 Å². The molecule has 0 bridgehead atoms. The zero-order chi connectivity index (χ0) is 16.9. The van der Waals surface area contributed by atoms with Crippen LogP contribution in [0.1, 0.15) is 27.7 Å². The van der Waals surface area contributed by atoms with Gasteiger partial charge in [0.05, 0.1) is 6.23 Å². The third-order valence-corrected chi connectivity index (χ3v) is 14.0. The molecule has 21 heavy (non-hydrogen) atoms. The predicted molar refractivity (Wildman–Crippen MR) is 98.6 cm³/mol. The van der Waals surface area contributed by atoms with Crippen LogP contribution in [0, 0.1) is 0 Å². The highest BCUT2D eigenvalue weighted by molar-refractivity contribution is 6.89. The second kappa shape index (κ2) is 8.37. The first-order valence-corrected chi connectivity index (χ1v) is 17.0. The summed E-state index contributed by atoms with van der Waals surface area (Å²) >= 11 is 0. The zero-order valence-electron chi connectivity index (χ0n) is 15.9. The lowest BCUT2D eigenvalue weighted by Crippen LogP contribution is -2.65. The molecule has 0 fully saturated rings. The Labute approximate surface area is 135 Å². The van der Waals surface area contributed by atoms with Crippen LogP contribution >= 0.6 is 0 Å². The Bertz CT molecular complexity index is 283. The SMILES string of the molecule is CCO[Si](CC)(OCC)OC(C)N([Si](C)(C)C)[Si](C)(C)C. The molecule has 1 unspecified atom stereocenters. The van der Waals surface area contributed by atoms with Crippen LogP contribution in [0.15, 0.2) is 0 Å². The molecule has 0 aliphatic heterocycles. The van der Waals surface area contributed by atoms with E-state index in [0.29, 0.717) is 13.2 Å². The van der Waals surface area contributed by atoms with Gasteiger partial charge in [-0.25, -0.2) is 0 Å². The van der Waals surface area contributed by atoms with Gasteiger partial charge in [0, 0.05) is 19.3 Å². The van der Waals surface area contributed by atoms with Gasteiger partial charge in [-0.15, -0.1) is 0 Å². The van der Waals surface area contributed by atoms with Crippen molar-refractivity contribution >= 4 is 25.3 Å². The lowest BCUT2D eigenvalue weighted by molar-refractivity contribution is 0.0122. The van der Waals surface area contributed by atoms with E-state index in [1.165, 1.54) is 0 Å². The molecule has 0 heterocycles. The number of hydrogen-bond donors (Lipinski definition) is 0. The third-order valence-electron chi connectivity index (χ3n) is 3.32. The van der Waals surface area contributed by atoms with E-state index < -0.39 is 25.3 Å². The normalized spacial score (nSPS) is 15.6. The van der Waals surface area contributed by atoms with Crippen molar-refractivity contribution in [1.29, 1.82) is 0 Å². The average molecular weight is 352 g/mol. The van der Waals surface area contributed by atoms with Gasteiger partial charge >= 0.3 is 8.80 Å². The quantitative estimate of drug-likeness (QED) is 0.432. The summed E-state index contributed by atoms with van der Waals surface area (Å²) in [6.07, 6.45) is 0.0630. The van der Waals surface area contributed by atoms with Gasteiger partial charge in [-0.05, 0) is 20.8 Å². The molecular weight excluding hydrogens is 314 g/mol. The molecule has 0 aliphatic carbocycles. The number of hydrogen-bond acceptors (Lipinski definition) is 4. The maximum absolute atomic E-state index is 6.47. The Hall–Kier alpha value is 0.491. The molecule has 1 atom stereocenters. The molecule has 4 nitrogen and oxygen atoms in total. The average Bonchev–Trinajstić information content (AvgIpc) is 2.25. The smallest absolute Gasteiger partial charge is 0.374 e. The molecule has 128 valence electrons. The largest absolute Gasteiger partial charge is 0.501 e. The molecule has 0 spiro atoms. The summed E-state index contributed by atoms with van der Waals surface area (Å²) < 4.78 is 21.1. The highest BCUT2D eigenvalue weighted by Gasteiger charge is 2.45. The van der Waals surface area contributed by atoms with Gasteiger partial charge in [0.15, 0.2) is 0 Å². The van der Waals surface area contributed by atoms with Crippen molar-refractivity contribution in [3.63, 3.8) is 0 Å². The molecule has 0 rings (SSSR count). The topological polar surface area (TPSA) is 30.9 Å². The summed E-state index contributed by atoms with van der Waals surface area (Å²) in [7, 11) is -5.47.